The zero-order chi connectivity index (χ0) is 24.0. The number of sulfonamides is 1. The van der Waals surface area contributed by atoms with Gasteiger partial charge in [-0.15, -0.1) is 0 Å². The van der Waals surface area contributed by atoms with Crippen LogP contribution in [0.25, 0.3) is 0 Å². The molecular weight excluding hydrogens is 472 g/mol. The number of nitrogens with zero attached hydrogens (tertiary/aromatic N) is 1. The van der Waals surface area contributed by atoms with Crippen LogP contribution in [0.5, 0.6) is 17.2 Å². The van der Waals surface area contributed by atoms with Crippen molar-refractivity contribution in [1.82, 2.24) is 5.32 Å². The van der Waals surface area contributed by atoms with E-state index in [9.17, 15) is 13.2 Å². The van der Waals surface area contributed by atoms with Crippen molar-refractivity contribution >= 4 is 33.2 Å². The topological polar surface area (TPSA) is 103 Å². The van der Waals surface area contributed by atoms with Gasteiger partial charge in [0.2, 0.25) is 5.91 Å². The molecule has 180 valence electrons. The Morgan fingerprint density at radius 2 is 1.79 bits per heavy atom. The lowest BCUT2D eigenvalue weighted by molar-refractivity contribution is -0.120. The van der Waals surface area contributed by atoms with E-state index in [1.54, 1.807) is 12.1 Å². The van der Waals surface area contributed by atoms with E-state index >= 15 is 0 Å². The molecule has 0 aromatic heterocycles. The molecular formula is C22H27ClN2O7S. The van der Waals surface area contributed by atoms with E-state index in [1.807, 2.05) is 0 Å². The Hall–Kier alpha value is -2.69. The molecule has 1 aliphatic heterocycles. The molecule has 0 unspecified atom stereocenters. The van der Waals surface area contributed by atoms with Crippen molar-refractivity contribution in [3.63, 3.8) is 0 Å². The third-order valence-electron chi connectivity index (χ3n) is 5.19. The van der Waals surface area contributed by atoms with Gasteiger partial charge in [0.1, 0.15) is 12.3 Å². The van der Waals surface area contributed by atoms with Crippen LogP contribution in [0.3, 0.4) is 0 Å². The smallest absolute Gasteiger partial charge is 0.265 e. The molecule has 0 aliphatic carbocycles. The molecule has 1 atom stereocenters. The minimum Gasteiger partial charge on any atom is -0.495 e. The van der Waals surface area contributed by atoms with E-state index in [2.05, 4.69) is 5.32 Å². The third kappa shape index (κ3) is 5.82. The molecule has 0 bridgehead atoms. The van der Waals surface area contributed by atoms with Crippen LogP contribution in [0, 0.1) is 0 Å². The highest BCUT2D eigenvalue weighted by Crippen LogP contribution is 2.36. The second-order valence-electron chi connectivity index (χ2n) is 7.28. The summed E-state index contributed by atoms with van der Waals surface area (Å²) in [6.45, 7) is 0.468. The first-order valence-electron chi connectivity index (χ1n) is 10.3. The number of carbonyl (C=O) groups is 1. The fourth-order valence-electron chi connectivity index (χ4n) is 3.48. The van der Waals surface area contributed by atoms with E-state index < -0.39 is 22.5 Å². The van der Waals surface area contributed by atoms with E-state index in [4.69, 9.17) is 30.5 Å². The number of carbonyl (C=O) groups excluding carboxylic acids is 1. The molecule has 1 aliphatic rings. The summed E-state index contributed by atoms with van der Waals surface area (Å²) in [5.41, 5.74) is 0.132. The Balaban J connectivity index is 1.99. The monoisotopic (exact) mass is 498 g/mol. The number of halogens is 1. The Morgan fingerprint density at radius 3 is 2.42 bits per heavy atom. The summed E-state index contributed by atoms with van der Waals surface area (Å²) in [7, 11) is 0.0410. The lowest BCUT2D eigenvalue weighted by atomic mass is 10.2. The van der Waals surface area contributed by atoms with Crippen LogP contribution in [-0.4, -0.2) is 61.5 Å². The van der Waals surface area contributed by atoms with E-state index in [1.165, 1.54) is 45.6 Å². The Morgan fingerprint density at radius 1 is 1.09 bits per heavy atom. The lowest BCUT2D eigenvalue weighted by Gasteiger charge is -2.26. The highest BCUT2D eigenvalue weighted by Gasteiger charge is 2.31. The number of nitrogens with one attached hydrogen (secondary N) is 1. The summed E-state index contributed by atoms with van der Waals surface area (Å²) in [6, 6.07) is 8.75. The molecule has 0 radical (unpaired) electrons. The molecule has 3 rings (SSSR count). The second-order valence-corrected chi connectivity index (χ2v) is 9.58. The maximum atomic E-state index is 13.7. The van der Waals surface area contributed by atoms with Crippen LogP contribution in [-0.2, 0) is 19.6 Å². The van der Waals surface area contributed by atoms with Gasteiger partial charge in [0.25, 0.3) is 10.0 Å². The highest BCUT2D eigenvalue weighted by molar-refractivity contribution is 7.92. The van der Waals surface area contributed by atoms with Gasteiger partial charge in [0, 0.05) is 24.2 Å². The van der Waals surface area contributed by atoms with Gasteiger partial charge in [0.05, 0.1) is 38.0 Å². The van der Waals surface area contributed by atoms with Crippen molar-refractivity contribution in [2.45, 2.75) is 23.8 Å². The number of methoxy groups -OCH3 is 3. The van der Waals surface area contributed by atoms with Gasteiger partial charge in [-0.3, -0.25) is 9.10 Å². The normalized spacial score (nSPS) is 15.7. The average Bonchev–Trinajstić information content (AvgIpc) is 3.34. The number of rotatable bonds is 10. The average molecular weight is 499 g/mol. The summed E-state index contributed by atoms with van der Waals surface area (Å²) in [5, 5.41) is 3.04. The van der Waals surface area contributed by atoms with Gasteiger partial charge in [-0.25, -0.2) is 8.42 Å². The second kappa shape index (κ2) is 11.0. The third-order valence-corrected chi connectivity index (χ3v) is 7.18. The van der Waals surface area contributed by atoms with Crippen LogP contribution < -0.4 is 23.8 Å². The molecule has 9 nitrogen and oxygen atoms in total. The summed E-state index contributed by atoms with van der Waals surface area (Å²) in [5.74, 6) is 0.365. The molecule has 0 saturated carbocycles. The predicted octanol–water partition coefficient (Wildman–Crippen LogP) is 2.86. The Bertz CT molecular complexity index is 1090. The zero-order valence-corrected chi connectivity index (χ0v) is 20.2. The van der Waals surface area contributed by atoms with Gasteiger partial charge in [-0.1, -0.05) is 11.6 Å². The molecule has 1 saturated heterocycles. The van der Waals surface area contributed by atoms with Crippen molar-refractivity contribution in [3.8, 4) is 17.2 Å². The predicted molar refractivity (Wildman–Crippen MR) is 124 cm³/mol. The van der Waals surface area contributed by atoms with Crippen molar-refractivity contribution in [2.75, 3.05) is 45.3 Å². The van der Waals surface area contributed by atoms with Crippen LogP contribution in [0.1, 0.15) is 12.8 Å². The fourth-order valence-corrected chi connectivity index (χ4v) is 5.09. The summed E-state index contributed by atoms with van der Waals surface area (Å²) < 4.78 is 49.7. The molecule has 2 aromatic rings. The molecule has 1 fully saturated rings. The summed E-state index contributed by atoms with van der Waals surface area (Å²) in [4.78, 5) is 12.7. The van der Waals surface area contributed by atoms with Gasteiger partial charge in [-0.2, -0.15) is 0 Å². The number of ether oxygens (including phenoxy) is 4. The van der Waals surface area contributed by atoms with Crippen LogP contribution in [0.15, 0.2) is 41.3 Å². The number of benzene rings is 2. The number of hydrogen-bond donors (Lipinski definition) is 1. The van der Waals surface area contributed by atoms with Gasteiger partial charge in [-0.05, 0) is 43.2 Å². The number of hydrogen-bond acceptors (Lipinski definition) is 7. The minimum absolute atomic E-state index is 0.0782. The first-order valence-corrected chi connectivity index (χ1v) is 12.1. The molecule has 33 heavy (non-hydrogen) atoms. The summed E-state index contributed by atoms with van der Waals surface area (Å²) in [6.07, 6.45) is 1.70. The first kappa shape index (κ1) is 24.9. The fraction of sp³-hybridized carbons (Fsp3) is 0.409. The standard InChI is InChI=1S/C22H27ClN2O7S/c1-29-19-8-6-15(23)11-18(19)25(14-22(26)24-13-16-5-4-10-32-16)33(27,28)17-7-9-20(30-2)21(12-17)31-3/h6-9,11-12,16H,4-5,10,13-14H2,1-3H3,(H,24,26)/t16-/m0/s1. The van der Waals surface area contributed by atoms with Crippen LogP contribution >= 0.6 is 11.6 Å². The van der Waals surface area contributed by atoms with E-state index in [0.717, 1.165) is 17.1 Å². The molecule has 1 heterocycles. The SMILES string of the molecule is COc1ccc(S(=O)(=O)N(CC(=O)NC[C@@H]2CCCO2)c2cc(Cl)ccc2OC)cc1OC. The maximum Gasteiger partial charge on any atom is 0.265 e. The van der Waals surface area contributed by atoms with Gasteiger partial charge >= 0.3 is 0 Å². The molecule has 11 heteroatoms. The van der Waals surface area contributed by atoms with Gasteiger partial charge < -0.3 is 24.3 Å². The van der Waals surface area contributed by atoms with Gasteiger partial charge in [0.15, 0.2) is 11.5 Å². The molecule has 0 spiro atoms. The Kier molecular flexibility index (Phi) is 8.28. The molecule has 1 N–H and O–H groups in total. The van der Waals surface area contributed by atoms with Crippen molar-refractivity contribution < 1.29 is 32.2 Å². The van der Waals surface area contributed by atoms with E-state index in [0.29, 0.717) is 18.9 Å². The van der Waals surface area contributed by atoms with Crippen LogP contribution in [0.4, 0.5) is 5.69 Å². The quantitative estimate of drug-likeness (QED) is 0.537. The molecule has 2 aromatic carbocycles. The van der Waals surface area contributed by atoms with Crippen molar-refractivity contribution in [2.24, 2.45) is 0 Å². The number of anilines is 1. The highest BCUT2D eigenvalue weighted by atomic mass is 35.5. The van der Waals surface area contributed by atoms with Crippen molar-refractivity contribution in [1.29, 1.82) is 0 Å². The largest absolute Gasteiger partial charge is 0.495 e. The summed E-state index contributed by atoms with van der Waals surface area (Å²) >= 11 is 6.15. The Labute approximate surface area is 198 Å². The van der Waals surface area contributed by atoms with Crippen LogP contribution in [0.2, 0.25) is 5.02 Å². The van der Waals surface area contributed by atoms with Crippen molar-refractivity contribution in [3.05, 3.63) is 41.4 Å². The minimum atomic E-state index is -4.23. The maximum absolute atomic E-state index is 13.7. The lowest BCUT2D eigenvalue weighted by Crippen LogP contribution is -2.43. The zero-order valence-electron chi connectivity index (χ0n) is 18.7. The first-order chi connectivity index (χ1) is 15.8. The molecule has 1 amide bonds. The van der Waals surface area contributed by atoms with E-state index in [-0.39, 0.29) is 33.2 Å². The number of amides is 1.